The molecule has 1 N–H and O–H groups in total. The summed E-state index contributed by atoms with van der Waals surface area (Å²) in [6, 6.07) is 16.4. The third kappa shape index (κ3) is 4.31. The van der Waals surface area contributed by atoms with Crippen molar-refractivity contribution in [1.29, 1.82) is 0 Å². The molecule has 5 nitrogen and oxygen atoms in total. The first-order valence-electron chi connectivity index (χ1n) is 9.52. The minimum absolute atomic E-state index is 0.314. The van der Waals surface area contributed by atoms with Crippen molar-refractivity contribution in [3.63, 3.8) is 0 Å². The van der Waals surface area contributed by atoms with Crippen molar-refractivity contribution in [3.05, 3.63) is 66.0 Å². The Balaban J connectivity index is 1.47. The lowest BCUT2D eigenvalue weighted by atomic mass is 10.1. The fraction of sp³-hybridized carbons (Fsp3) is 0.318. The van der Waals surface area contributed by atoms with Crippen LogP contribution in [0.15, 0.2) is 54.7 Å². The Kier molecular flexibility index (Phi) is 5.39. The van der Waals surface area contributed by atoms with Crippen LogP contribution in [-0.2, 0) is 13.1 Å². The molecule has 1 aliphatic rings. The van der Waals surface area contributed by atoms with Crippen LogP contribution in [0, 0.1) is 0 Å². The van der Waals surface area contributed by atoms with E-state index in [0.717, 1.165) is 48.2 Å². The van der Waals surface area contributed by atoms with E-state index in [2.05, 4.69) is 46.1 Å². The zero-order valence-electron chi connectivity index (χ0n) is 15.6. The van der Waals surface area contributed by atoms with E-state index in [-0.39, 0.29) is 0 Å². The van der Waals surface area contributed by atoms with Gasteiger partial charge in [0.2, 0.25) is 6.79 Å². The number of hydrogen-bond donors (Lipinski definition) is 1. The number of rotatable bonds is 8. The van der Waals surface area contributed by atoms with Crippen molar-refractivity contribution < 1.29 is 9.47 Å². The van der Waals surface area contributed by atoms with Crippen LogP contribution in [0.1, 0.15) is 31.0 Å². The van der Waals surface area contributed by atoms with Gasteiger partial charge in [-0.05, 0) is 30.7 Å². The highest BCUT2D eigenvalue weighted by Crippen LogP contribution is 2.33. The Morgan fingerprint density at radius 3 is 2.74 bits per heavy atom. The summed E-state index contributed by atoms with van der Waals surface area (Å²) in [6.45, 7) is 5.30. The number of nitrogens with zero attached hydrogens (tertiary/aromatic N) is 2. The summed E-state index contributed by atoms with van der Waals surface area (Å²) in [6.07, 6.45) is 4.29. The summed E-state index contributed by atoms with van der Waals surface area (Å²) < 4.78 is 10.9. The molecule has 0 aliphatic carbocycles. The summed E-state index contributed by atoms with van der Waals surface area (Å²) >= 11 is 0. The second-order valence-corrected chi connectivity index (χ2v) is 6.87. The van der Waals surface area contributed by atoms with Gasteiger partial charge in [-0.15, -0.1) is 0 Å². The van der Waals surface area contributed by atoms with Crippen LogP contribution in [0.3, 0.4) is 0 Å². The van der Waals surface area contributed by atoms with Gasteiger partial charge < -0.3 is 14.5 Å². The van der Waals surface area contributed by atoms with Crippen molar-refractivity contribution >= 4 is 0 Å². The number of nitrogens with one attached hydrogen (secondary N) is 1. The average Bonchev–Trinajstić information content (AvgIpc) is 3.36. The number of H-pyrrole nitrogens is 1. The van der Waals surface area contributed by atoms with Crippen LogP contribution in [0.2, 0.25) is 0 Å². The molecule has 0 bridgehead atoms. The zero-order valence-corrected chi connectivity index (χ0v) is 15.6. The van der Waals surface area contributed by atoms with Gasteiger partial charge in [0.15, 0.2) is 11.5 Å². The van der Waals surface area contributed by atoms with Crippen molar-refractivity contribution in [2.75, 3.05) is 13.3 Å². The van der Waals surface area contributed by atoms with E-state index in [1.54, 1.807) is 0 Å². The molecule has 0 radical (unpaired) electrons. The lowest BCUT2D eigenvalue weighted by Gasteiger charge is -2.21. The molecule has 27 heavy (non-hydrogen) atoms. The van der Waals surface area contributed by atoms with Crippen LogP contribution in [0.4, 0.5) is 0 Å². The van der Waals surface area contributed by atoms with Crippen LogP contribution < -0.4 is 9.47 Å². The van der Waals surface area contributed by atoms with E-state index in [1.165, 1.54) is 18.4 Å². The summed E-state index contributed by atoms with van der Waals surface area (Å²) in [7, 11) is 0. The van der Waals surface area contributed by atoms with Gasteiger partial charge in [-0.2, -0.15) is 0 Å². The van der Waals surface area contributed by atoms with Crippen molar-refractivity contribution in [1.82, 2.24) is 14.9 Å². The highest BCUT2D eigenvalue weighted by atomic mass is 16.7. The molecular formula is C22H25N3O2. The van der Waals surface area contributed by atoms with Crippen molar-refractivity contribution in [3.8, 4) is 22.9 Å². The monoisotopic (exact) mass is 363 g/mol. The molecule has 0 saturated heterocycles. The molecule has 4 rings (SSSR count). The molecule has 2 aromatic carbocycles. The van der Waals surface area contributed by atoms with Gasteiger partial charge in [-0.25, -0.2) is 4.98 Å². The fourth-order valence-electron chi connectivity index (χ4n) is 3.32. The minimum atomic E-state index is 0.314. The normalized spacial score (nSPS) is 12.7. The van der Waals surface area contributed by atoms with E-state index >= 15 is 0 Å². The Bertz CT molecular complexity index is 876. The van der Waals surface area contributed by atoms with E-state index < -0.39 is 0 Å². The zero-order chi connectivity index (χ0) is 18.5. The van der Waals surface area contributed by atoms with Gasteiger partial charge in [0.05, 0.1) is 0 Å². The lowest BCUT2D eigenvalue weighted by molar-refractivity contribution is 0.174. The molecule has 1 aliphatic heterocycles. The number of aromatic nitrogens is 2. The van der Waals surface area contributed by atoms with Crippen LogP contribution >= 0.6 is 0 Å². The molecule has 5 heteroatoms. The third-order valence-electron chi connectivity index (χ3n) is 4.74. The minimum Gasteiger partial charge on any atom is -0.454 e. The lowest BCUT2D eigenvalue weighted by Crippen LogP contribution is -2.24. The maximum absolute atomic E-state index is 5.52. The first kappa shape index (κ1) is 17.6. The van der Waals surface area contributed by atoms with E-state index in [9.17, 15) is 0 Å². The number of imidazole rings is 1. The Hall–Kier alpha value is -2.79. The molecular weight excluding hydrogens is 338 g/mol. The number of benzene rings is 2. The Labute approximate surface area is 160 Å². The van der Waals surface area contributed by atoms with Crippen molar-refractivity contribution in [2.24, 2.45) is 0 Å². The third-order valence-corrected chi connectivity index (χ3v) is 4.74. The quantitative estimate of drug-likeness (QED) is 0.635. The van der Waals surface area contributed by atoms with Crippen LogP contribution in [-0.4, -0.2) is 28.2 Å². The van der Waals surface area contributed by atoms with Gasteiger partial charge in [0, 0.05) is 30.5 Å². The highest BCUT2D eigenvalue weighted by molar-refractivity contribution is 5.54. The first-order valence-corrected chi connectivity index (χ1v) is 9.52. The molecule has 0 saturated carbocycles. The molecule has 0 spiro atoms. The van der Waals surface area contributed by atoms with E-state index in [1.807, 2.05) is 30.5 Å². The Morgan fingerprint density at radius 2 is 1.89 bits per heavy atom. The molecule has 0 fully saturated rings. The maximum atomic E-state index is 5.52. The van der Waals surface area contributed by atoms with Crippen LogP contribution in [0.5, 0.6) is 11.5 Å². The number of ether oxygens (including phenoxy) is 2. The van der Waals surface area contributed by atoms with Gasteiger partial charge in [0.25, 0.3) is 0 Å². The highest BCUT2D eigenvalue weighted by Gasteiger charge is 2.15. The van der Waals surface area contributed by atoms with Gasteiger partial charge in [-0.3, -0.25) is 4.90 Å². The number of hydrogen-bond acceptors (Lipinski definition) is 4. The number of fused-ring (bicyclic) bond motifs is 1. The van der Waals surface area contributed by atoms with Gasteiger partial charge in [-0.1, -0.05) is 49.7 Å². The predicted octanol–water partition coefficient (Wildman–Crippen LogP) is 4.61. The topological polar surface area (TPSA) is 50.4 Å². The molecule has 3 aromatic rings. The largest absolute Gasteiger partial charge is 0.454 e. The standard InChI is InChI=1S/C22H25N3O2/c1-2-3-11-25(14-17-9-10-20-21(12-17)27-16-26-20)15-19-13-23-22(24-19)18-7-5-4-6-8-18/h4-10,12-13H,2-3,11,14-16H2,1H3,(H,23,24). The maximum Gasteiger partial charge on any atom is 0.231 e. The smallest absolute Gasteiger partial charge is 0.231 e. The average molecular weight is 363 g/mol. The predicted molar refractivity (Wildman–Crippen MR) is 106 cm³/mol. The summed E-state index contributed by atoms with van der Waals surface area (Å²) in [5, 5.41) is 0. The van der Waals surface area contributed by atoms with Crippen LogP contribution in [0.25, 0.3) is 11.4 Å². The summed E-state index contributed by atoms with van der Waals surface area (Å²) in [4.78, 5) is 10.5. The SMILES string of the molecule is CCCCN(Cc1ccc2c(c1)OCO2)Cc1cnc(-c2ccccc2)[nH]1. The van der Waals surface area contributed by atoms with Crippen molar-refractivity contribution in [2.45, 2.75) is 32.9 Å². The molecule has 2 heterocycles. The van der Waals surface area contributed by atoms with Gasteiger partial charge >= 0.3 is 0 Å². The molecule has 140 valence electrons. The second-order valence-electron chi connectivity index (χ2n) is 6.87. The Morgan fingerprint density at radius 1 is 1.04 bits per heavy atom. The molecule has 0 amide bonds. The summed E-state index contributed by atoms with van der Waals surface area (Å²) in [5.41, 5.74) is 3.48. The number of unbranched alkanes of at least 4 members (excludes halogenated alkanes) is 1. The number of aromatic amines is 1. The van der Waals surface area contributed by atoms with Gasteiger partial charge in [0.1, 0.15) is 5.82 Å². The molecule has 0 unspecified atom stereocenters. The second kappa shape index (κ2) is 8.27. The summed E-state index contributed by atoms with van der Waals surface area (Å²) in [5.74, 6) is 2.60. The molecule has 0 atom stereocenters. The van der Waals surface area contributed by atoms with E-state index in [0.29, 0.717) is 6.79 Å². The fourth-order valence-corrected chi connectivity index (χ4v) is 3.32. The first-order chi connectivity index (χ1) is 13.3. The molecule has 1 aromatic heterocycles. The van der Waals surface area contributed by atoms with E-state index in [4.69, 9.17) is 9.47 Å².